The van der Waals surface area contributed by atoms with Crippen molar-refractivity contribution in [3.8, 4) is 0 Å². The first kappa shape index (κ1) is 16.4. The molecule has 6 nitrogen and oxygen atoms in total. The van der Waals surface area contributed by atoms with Gasteiger partial charge in [0.2, 0.25) is 0 Å². The molecule has 1 aliphatic heterocycles. The number of amides is 2. The topological polar surface area (TPSA) is 64.3 Å². The molecule has 2 heterocycles. The number of anilines is 1. The highest BCUT2D eigenvalue weighted by Gasteiger charge is 2.26. The molecule has 1 aliphatic rings. The number of aromatic nitrogens is 2. The SMILES string of the molecule is CCc1cc(CNC(=O)N2Cc3ccccc3N(C)CC2C)[nH]n1. The molecule has 128 valence electrons. The summed E-state index contributed by atoms with van der Waals surface area (Å²) in [5.74, 6) is 0. The quantitative estimate of drug-likeness (QED) is 0.910. The number of H-pyrrole nitrogens is 1. The van der Waals surface area contributed by atoms with Crippen molar-refractivity contribution in [1.82, 2.24) is 20.4 Å². The van der Waals surface area contributed by atoms with Gasteiger partial charge in [0.25, 0.3) is 0 Å². The van der Waals surface area contributed by atoms with Gasteiger partial charge in [-0.1, -0.05) is 25.1 Å². The second-order valence-electron chi connectivity index (χ2n) is 6.38. The molecular formula is C18H25N5O. The van der Waals surface area contributed by atoms with Crippen LogP contribution >= 0.6 is 0 Å². The van der Waals surface area contributed by atoms with Crippen molar-refractivity contribution in [2.45, 2.75) is 39.4 Å². The summed E-state index contributed by atoms with van der Waals surface area (Å²) < 4.78 is 0. The Morgan fingerprint density at radius 2 is 2.21 bits per heavy atom. The van der Waals surface area contributed by atoms with Crippen molar-refractivity contribution in [1.29, 1.82) is 0 Å². The fraction of sp³-hybridized carbons (Fsp3) is 0.444. The summed E-state index contributed by atoms with van der Waals surface area (Å²) in [5.41, 5.74) is 4.31. The van der Waals surface area contributed by atoms with Crippen LogP contribution in [0.5, 0.6) is 0 Å². The lowest BCUT2D eigenvalue weighted by molar-refractivity contribution is 0.178. The van der Waals surface area contributed by atoms with Crippen molar-refractivity contribution in [3.05, 3.63) is 47.3 Å². The fourth-order valence-electron chi connectivity index (χ4n) is 3.17. The largest absolute Gasteiger partial charge is 0.372 e. The maximum absolute atomic E-state index is 12.7. The monoisotopic (exact) mass is 327 g/mol. The molecule has 2 amide bonds. The van der Waals surface area contributed by atoms with Crippen LogP contribution in [0.15, 0.2) is 30.3 Å². The molecule has 0 fully saturated rings. The van der Waals surface area contributed by atoms with Crippen molar-refractivity contribution in [2.75, 3.05) is 18.5 Å². The minimum atomic E-state index is -0.0414. The third-order valence-corrected chi connectivity index (χ3v) is 4.55. The second kappa shape index (κ2) is 6.95. The zero-order chi connectivity index (χ0) is 17.1. The van der Waals surface area contributed by atoms with Crippen molar-refractivity contribution in [3.63, 3.8) is 0 Å². The standard InChI is InChI=1S/C18H25N5O/c1-4-15-9-16(21-20-15)10-19-18(24)23-12-14-7-5-6-8-17(14)22(3)11-13(23)2/h5-9,13H,4,10-12H2,1-3H3,(H,19,24)(H,20,21). The van der Waals surface area contributed by atoms with Crippen molar-refractivity contribution in [2.24, 2.45) is 0 Å². The Morgan fingerprint density at radius 1 is 1.42 bits per heavy atom. The minimum Gasteiger partial charge on any atom is -0.372 e. The predicted octanol–water partition coefficient (Wildman–Crippen LogP) is 2.52. The first-order chi connectivity index (χ1) is 11.6. The van der Waals surface area contributed by atoms with Gasteiger partial charge in [-0.05, 0) is 31.0 Å². The lowest BCUT2D eigenvalue weighted by atomic mass is 10.1. The number of nitrogens with zero attached hydrogens (tertiary/aromatic N) is 3. The van der Waals surface area contributed by atoms with E-state index in [1.165, 1.54) is 11.3 Å². The van der Waals surface area contributed by atoms with Crippen LogP contribution in [0.25, 0.3) is 0 Å². The Bertz CT molecular complexity index is 711. The van der Waals surface area contributed by atoms with Gasteiger partial charge in [-0.15, -0.1) is 0 Å². The van der Waals surface area contributed by atoms with E-state index in [1.54, 1.807) is 0 Å². The Balaban J connectivity index is 1.69. The average molecular weight is 327 g/mol. The zero-order valence-electron chi connectivity index (χ0n) is 14.5. The molecule has 0 saturated heterocycles. The maximum atomic E-state index is 12.7. The van der Waals surface area contributed by atoms with Gasteiger partial charge in [-0.2, -0.15) is 5.10 Å². The number of nitrogens with one attached hydrogen (secondary N) is 2. The van der Waals surface area contributed by atoms with Crippen LogP contribution in [0, 0.1) is 0 Å². The first-order valence-corrected chi connectivity index (χ1v) is 8.45. The van der Waals surface area contributed by atoms with Gasteiger partial charge in [0.05, 0.1) is 17.9 Å². The summed E-state index contributed by atoms with van der Waals surface area (Å²) in [6.07, 6.45) is 0.886. The molecule has 1 unspecified atom stereocenters. The number of benzene rings is 1. The van der Waals surface area contributed by atoms with E-state index < -0.39 is 0 Å². The molecule has 0 saturated carbocycles. The van der Waals surface area contributed by atoms with Gasteiger partial charge < -0.3 is 15.1 Å². The fourth-order valence-corrected chi connectivity index (χ4v) is 3.17. The number of aryl methyl sites for hydroxylation is 1. The van der Waals surface area contributed by atoms with Gasteiger partial charge in [0, 0.05) is 31.9 Å². The molecule has 24 heavy (non-hydrogen) atoms. The number of carbonyl (C=O) groups excluding carboxylic acids is 1. The molecule has 0 radical (unpaired) electrons. The number of carbonyl (C=O) groups is 1. The highest BCUT2D eigenvalue weighted by atomic mass is 16.2. The minimum absolute atomic E-state index is 0.0414. The molecular weight excluding hydrogens is 302 g/mol. The molecule has 0 aliphatic carbocycles. The van der Waals surface area contributed by atoms with Crippen LogP contribution in [-0.4, -0.2) is 40.8 Å². The lowest BCUT2D eigenvalue weighted by Gasteiger charge is -2.28. The van der Waals surface area contributed by atoms with Crippen LogP contribution in [0.4, 0.5) is 10.5 Å². The average Bonchev–Trinajstić information content (AvgIpc) is 3.00. The predicted molar refractivity (Wildman–Crippen MR) is 94.9 cm³/mol. The lowest BCUT2D eigenvalue weighted by Crippen LogP contribution is -2.46. The van der Waals surface area contributed by atoms with Gasteiger partial charge in [0.1, 0.15) is 0 Å². The molecule has 0 bridgehead atoms. The number of likely N-dealkylation sites (N-methyl/N-ethyl adjacent to an activating group) is 1. The van der Waals surface area contributed by atoms with E-state index in [1.807, 2.05) is 23.1 Å². The van der Waals surface area contributed by atoms with Gasteiger partial charge in [-0.3, -0.25) is 5.10 Å². The zero-order valence-corrected chi connectivity index (χ0v) is 14.5. The number of para-hydroxylation sites is 1. The van der Waals surface area contributed by atoms with E-state index in [0.717, 1.165) is 24.4 Å². The van der Waals surface area contributed by atoms with Gasteiger partial charge in [0.15, 0.2) is 0 Å². The van der Waals surface area contributed by atoms with Crippen LogP contribution in [0.1, 0.15) is 30.8 Å². The first-order valence-electron chi connectivity index (χ1n) is 8.45. The molecule has 6 heteroatoms. The smallest absolute Gasteiger partial charge is 0.318 e. The highest BCUT2D eigenvalue weighted by molar-refractivity contribution is 5.75. The number of urea groups is 1. The van der Waals surface area contributed by atoms with Crippen LogP contribution in [0.3, 0.4) is 0 Å². The van der Waals surface area contributed by atoms with Gasteiger partial charge in [-0.25, -0.2) is 4.79 Å². The molecule has 2 aromatic rings. The molecule has 3 rings (SSSR count). The number of aromatic amines is 1. The molecule has 0 spiro atoms. The highest BCUT2D eigenvalue weighted by Crippen LogP contribution is 2.25. The summed E-state index contributed by atoms with van der Waals surface area (Å²) >= 11 is 0. The third-order valence-electron chi connectivity index (χ3n) is 4.55. The summed E-state index contributed by atoms with van der Waals surface area (Å²) in [5, 5.41) is 10.2. The van der Waals surface area contributed by atoms with E-state index in [0.29, 0.717) is 13.1 Å². The van der Waals surface area contributed by atoms with Crippen LogP contribution in [-0.2, 0) is 19.5 Å². The van der Waals surface area contributed by atoms with E-state index in [9.17, 15) is 4.79 Å². The van der Waals surface area contributed by atoms with Crippen molar-refractivity contribution < 1.29 is 4.79 Å². The molecule has 1 aromatic carbocycles. The number of rotatable bonds is 3. The molecule has 2 N–H and O–H groups in total. The number of fused-ring (bicyclic) bond motifs is 1. The Hall–Kier alpha value is -2.50. The summed E-state index contributed by atoms with van der Waals surface area (Å²) in [7, 11) is 2.08. The van der Waals surface area contributed by atoms with Crippen LogP contribution < -0.4 is 10.2 Å². The molecule has 1 atom stereocenters. The van der Waals surface area contributed by atoms with E-state index >= 15 is 0 Å². The number of hydrogen-bond acceptors (Lipinski definition) is 3. The Morgan fingerprint density at radius 3 is 2.96 bits per heavy atom. The summed E-state index contributed by atoms with van der Waals surface area (Å²) in [6, 6.07) is 10.4. The van der Waals surface area contributed by atoms with Crippen molar-refractivity contribution >= 4 is 11.7 Å². The maximum Gasteiger partial charge on any atom is 0.318 e. The van der Waals surface area contributed by atoms with E-state index in [2.05, 4.69) is 53.4 Å². The summed E-state index contributed by atoms with van der Waals surface area (Å²) in [4.78, 5) is 16.8. The van der Waals surface area contributed by atoms with Crippen LogP contribution in [0.2, 0.25) is 0 Å². The van der Waals surface area contributed by atoms with E-state index in [4.69, 9.17) is 0 Å². The Labute approximate surface area is 142 Å². The van der Waals surface area contributed by atoms with E-state index in [-0.39, 0.29) is 12.1 Å². The van der Waals surface area contributed by atoms with Gasteiger partial charge >= 0.3 is 6.03 Å². The number of hydrogen-bond donors (Lipinski definition) is 2. The normalized spacial score (nSPS) is 17.4. The molecule has 1 aromatic heterocycles. The second-order valence-corrected chi connectivity index (χ2v) is 6.38. The third kappa shape index (κ3) is 3.37. The Kier molecular flexibility index (Phi) is 4.74. The summed E-state index contributed by atoms with van der Waals surface area (Å²) in [6.45, 7) is 6.05.